The lowest BCUT2D eigenvalue weighted by Crippen LogP contribution is -2.63. The zero-order valence-corrected chi connectivity index (χ0v) is 43.6. The van der Waals surface area contributed by atoms with Gasteiger partial charge in [0.25, 0.3) is 0 Å². The number of hydrogen-bond donors (Lipinski definition) is 0. The Kier molecular flexibility index (Phi) is 13.2. The minimum Gasteiger partial charge on any atom is -0.462 e. The second-order valence-corrected chi connectivity index (χ2v) is 26.2. The number of esters is 4. The molecule has 12 nitrogen and oxygen atoms in total. The summed E-state index contributed by atoms with van der Waals surface area (Å²) in [4.78, 5) is 70.1. The number of nitrogens with zero attached hydrogens (tertiary/aromatic N) is 4. The van der Waals surface area contributed by atoms with Crippen LogP contribution in [0.1, 0.15) is 162 Å². The normalized spacial score (nSPS) is 35.1. The van der Waals surface area contributed by atoms with Crippen LogP contribution in [0.25, 0.3) is 0 Å². The lowest BCUT2D eigenvalue weighted by Gasteiger charge is -2.55. The van der Waals surface area contributed by atoms with Gasteiger partial charge in [-0.15, -0.1) is 0 Å². The first kappa shape index (κ1) is 50.9. The summed E-state index contributed by atoms with van der Waals surface area (Å²) in [7, 11) is 8.43. The van der Waals surface area contributed by atoms with Crippen molar-refractivity contribution in [2.24, 2.45) is 35.5 Å². The third-order valence-corrected chi connectivity index (χ3v) is 18.3. The number of hydrogen-bond acceptors (Lipinski definition) is 12. The first-order valence-corrected chi connectivity index (χ1v) is 24.4. The topological polar surface area (TPSA) is 118 Å². The van der Waals surface area contributed by atoms with Gasteiger partial charge in [0.05, 0.1) is 23.7 Å². The summed E-state index contributed by atoms with van der Waals surface area (Å²) in [5.74, 6) is -8.16. The molecule has 5 fully saturated rings. The van der Waals surface area contributed by atoms with E-state index in [4.69, 9.17) is 18.9 Å². The van der Waals surface area contributed by atoms with Gasteiger partial charge in [-0.2, -0.15) is 0 Å². The van der Waals surface area contributed by atoms with E-state index in [0.29, 0.717) is 51.4 Å². The molecule has 0 aromatic rings. The van der Waals surface area contributed by atoms with E-state index in [1.165, 1.54) is 0 Å². The molecule has 1 saturated carbocycles. The molecule has 0 spiro atoms. The molecule has 4 unspecified atom stereocenters. The Morgan fingerprint density at radius 3 is 0.609 bits per heavy atom. The molecule has 0 radical (unpaired) electrons. The summed E-state index contributed by atoms with van der Waals surface area (Å²) in [6.45, 7) is 34.5. The molecule has 0 amide bonds. The van der Waals surface area contributed by atoms with E-state index in [2.05, 4.69) is 159 Å². The Hall–Kier alpha value is -2.54. The van der Waals surface area contributed by atoms with Gasteiger partial charge in [-0.05, 0) is 139 Å². The first-order valence-electron chi connectivity index (χ1n) is 24.4. The van der Waals surface area contributed by atoms with E-state index in [0.717, 1.165) is 0 Å². The van der Waals surface area contributed by atoms with E-state index >= 15 is 19.2 Å². The average molecular weight is 897 g/mol. The molecule has 0 aromatic carbocycles. The Balaban J connectivity index is 1.41. The summed E-state index contributed by atoms with van der Waals surface area (Å²) in [6, 6.07) is 0. The van der Waals surface area contributed by atoms with Crippen LogP contribution in [0.15, 0.2) is 12.2 Å². The molecule has 4 heterocycles. The predicted molar refractivity (Wildman–Crippen MR) is 250 cm³/mol. The quantitative estimate of drug-likeness (QED) is 0.133. The molecule has 7 rings (SSSR count). The Morgan fingerprint density at radius 1 is 0.328 bits per heavy atom. The molecule has 7 aliphatic rings. The molecule has 4 atom stereocenters. The van der Waals surface area contributed by atoms with Crippen molar-refractivity contribution in [3.05, 3.63) is 12.2 Å². The second kappa shape index (κ2) is 16.6. The van der Waals surface area contributed by atoms with Crippen LogP contribution in [0.4, 0.5) is 0 Å². The van der Waals surface area contributed by atoms with Crippen LogP contribution in [0.2, 0.25) is 0 Å². The first-order chi connectivity index (χ1) is 28.9. The van der Waals surface area contributed by atoms with Crippen molar-refractivity contribution in [2.75, 3.05) is 28.2 Å². The number of carbonyl (C=O) groups excluding carboxylic acids is 4. The third kappa shape index (κ3) is 9.47. The second-order valence-electron chi connectivity index (χ2n) is 26.2. The fourth-order valence-corrected chi connectivity index (χ4v) is 13.8. The van der Waals surface area contributed by atoms with Gasteiger partial charge in [-0.1, -0.05) is 12.2 Å². The van der Waals surface area contributed by atoms with Crippen molar-refractivity contribution in [3.63, 3.8) is 0 Å². The number of allylic oxidation sites excluding steroid dienone is 2. The highest BCUT2D eigenvalue weighted by atomic mass is 16.6. The Bertz CT molecular complexity index is 1520. The van der Waals surface area contributed by atoms with Crippen molar-refractivity contribution in [2.45, 2.75) is 231 Å². The van der Waals surface area contributed by atoms with Crippen LogP contribution < -0.4 is 0 Å². The molecule has 4 aliphatic heterocycles. The average Bonchev–Trinajstić information content (AvgIpc) is 3.12. The van der Waals surface area contributed by atoms with Gasteiger partial charge >= 0.3 is 23.9 Å². The Labute approximate surface area is 387 Å². The summed E-state index contributed by atoms with van der Waals surface area (Å²) >= 11 is 0. The van der Waals surface area contributed by atoms with Crippen molar-refractivity contribution in [1.82, 2.24) is 19.6 Å². The summed E-state index contributed by atoms with van der Waals surface area (Å²) < 4.78 is 26.3. The number of fused-ring (bicyclic) bond motifs is 2. The molecule has 0 N–H and O–H groups in total. The van der Waals surface area contributed by atoms with Gasteiger partial charge in [0, 0.05) is 108 Å². The van der Waals surface area contributed by atoms with Crippen LogP contribution in [0.3, 0.4) is 0 Å². The fourth-order valence-electron chi connectivity index (χ4n) is 13.8. The number of carbonyl (C=O) groups is 4. The van der Waals surface area contributed by atoms with Gasteiger partial charge in [0.15, 0.2) is 0 Å². The van der Waals surface area contributed by atoms with Gasteiger partial charge in [-0.3, -0.25) is 38.8 Å². The Morgan fingerprint density at radius 2 is 0.469 bits per heavy atom. The largest absolute Gasteiger partial charge is 0.462 e. The maximum Gasteiger partial charge on any atom is 0.310 e. The molecule has 2 bridgehead atoms. The van der Waals surface area contributed by atoms with Gasteiger partial charge in [0.2, 0.25) is 0 Å². The number of likely N-dealkylation sites (tertiary alicyclic amines) is 4. The molecular formula is C52H88N4O8. The molecular weight excluding hydrogens is 809 g/mol. The van der Waals surface area contributed by atoms with Crippen LogP contribution in [-0.2, 0) is 38.1 Å². The van der Waals surface area contributed by atoms with Crippen LogP contribution >= 0.6 is 0 Å². The lowest BCUT2D eigenvalue weighted by atomic mass is 9.53. The van der Waals surface area contributed by atoms with Gasteiger partial charge < -0.3 is 18.9 Å². The molecule has 12 heteroatoms. The number of ether oxygens (including phenoxy) is 4. The van der Waals surface area contributed by atoms with E-state index in [1.54, 1.807) is 0 Å². The highest BCUT2D eigenvalue weighted by Gasteiger charge is 2.64. The standard InChI is InChI=1S/C52H88N4O8/c1-45(2)23-31(24-46(3,4)53(45)17)61-41(57)37-35-21-22-36(38(37)42(58)62-32-25-47(5,6)54(18)48(7,8)26-32)40(44(60)64-34-29-51(13,14)56(20)52(15,16)30-34)39(35)43(59)63-33-27-49(9,10)55(19)50(11,12)28-33/h21-22,31-40H,23-30H2,1-20H3. The monoisotopic (exact) mass is 897 g/mol. The summed E-state index contributed by atoms with van der Waals surface area (Å²) in [6.07, 6.45) is 6.93. The van der Waals surface area contributed by atoms with Gasteiger partial charge in [-0.25, -0.2) is 0 Å². The van der Waals surface area contributed by atoms with Crippen molar-refractivity contribution in [3.8, 4) is 0 Å². The molecule has 4 saturated heterocycles. The van der Waals surface area contributed by atoms with Crippen molar-refractivity contribution in [1.29, 1.82) is 0 Å². The maximum atomic E-state index is 15.2. The van der Waals surface area contributed by atoms with Crippen molar-refractivity contribution < 1.29 is 38.1 Å². The van der Waals surface area contributed by atoms with E-state index in [-0.39, 0.29) is 44.3 Å². The van der Waals surface area contributed by atoms with E-state index in [9.17, 15) is 0 Å². The maximum absolute atomic E-state index is 15.2. The molecule has 3 aliphatic carbocycles. The smallest absolute Gasteiger partial charge is 0.310 e. The summed E-state index contributed by atoms with van der Waals surface area (Å²) in [5, 5.41) is 0. The van der Waals surface area contributed by atoms with E-state index < -0.39 is 83.8 Å². The molecule has 64 heavy (non-hydrogen) atoms. The van der Waals surface area contributed by atoms with E-state index in [1.807, 2.05) is 12.2 Å². The summed E-state index contributed by atoms with van der Waals surface area (Å²) in [5.41, 5.74) is -2.13. The van der Waals surface area contributed by atoms with Crippen LogP contribution in [-0.4, -0.2) is 140 Å². The molecule has 0 aromatic heterocycles. The van der Waals surface area contributed by atoms with Crippen molar-refractivity contribution >= 4 is 23.9 Å². The highest BCUT2D eigenvalue weighted by Crippen LogP contribution is 2.55. The fraction of sp³-hybridized carbons (Fsp3) is 0.885. The zero-order chi connectivity index (χ0) is 48.3. The van der Waals surface area contributed by atoms with Gasteiger partial charge in [0.1, 0.15) is 24.4 Å². The number of piperidine rings is 4. The zero-order valence-electron chi connectivity index (χ0n) is 43.6. The SMILES string of the molecule is CN1C(C)(C)CC(OC(=O)C2C3C=CC(C2C(=O)OC2CC(C)(C)N(C)C(C)(C)C2)C(C(=O)OC2CC(C)(C)N(C)C(C)(C)C2)C3C(=O)OC2CC(C)(C)N(C)C(C)(C)C2)CC1(C)C. The lowest BCUT2D eigenvalue weighted by molar-refractivity contribution is -0.199. The molecule has 364 valence electrons. The minimum atomic E-state index is -1.08. The number of rotatable bonds is 8. The third-order valence-electron chi connectivity index (χ3n) is 18.3. The minimum absolute atomic E-state index is 0.266. The highest BCUT2D eigenvalue weighted by molar-refractivity contribution is 5.90. The predicted octanol–water partition coefficient (Wildman–Crippen LogP) is 8.05. The van der Waals surface area contributed by atoms with Crippen LogP contribution in [0.5, 0.6) is 0 Å². The van der Waals surface area contributed by atoms with Crippen LogP contribution in [0, 0.1) is 35.5 Å².